The topological polar surface area (TPSA) is 29.5 Å². The van der Waals surface area contributed by atoms with Gasteiger partial charge in [0.1, 0.15) is 5.60 Å². The molecule has 1 amide bonds. The largest absolute Gasteiger partial charge is 0.490 e. The van der Waals surface area contributed by atoms with E-state index in [2.05, 4.69) is 0 Å². The van der Waals surface area contributed by atoms with Gasteiger partial charge in [0.05, 0.1) is 6.54 Å². The molecule has 0 unspecified atom stereocenters. The standard InChI is InChI=1S/C13H16F3NO2/c1-12(2,3)19-11(18)17(13(14,15)16)9-10-7-5-4-6-8-10/h4-8H,9H2,1-3H3. The minimum atomic E-state index is -4.78. The second kappa shape index (κ2) is 5.50. The van der Waals surface area contributed by atoms with E-state index in [4.69, 9.17) is 4.74 Å². The van der Waals surface area contributed by atoms with Crippen molar-refractivity contribution in [3.63, 3.8) is 0 Å². The fourth-order valence-corrected chi connectivity index (χ4v) is 1.34. The number of ether oxygens (including phenoxy) is 1. The van der Waals surface area contributed by atoms with Crippen molar-refractivity contribution in [2.45, 2.75) is 39.2 Å². The normalized spacial score (nSPS) is 12.1. The molecule has 0 aliphatic carbocycles. The van der Waals surface area contributed by atoms with Crippen molar-refractivity contribution in [3.8, 4) is 0 Å². The summed E-state index contributed by atoms with van der Waals surface area (Å²) in [6.45, 7) is 3.98. The van der Waals surface area contributed by atoms with Crippen LogP contribution in [0.15, 0.2) is 30.3 Å². The van der Waals surface area contributed by atoms with Crippen molar-refractivity contribution < 1.29 is 22.7 Å². The number of rotatable bonds is 2. The average molecular weight is 275 g/mol. The molecule has 0 atom stereocenters. The summed E-state index contributed by atoms with van der Waals surface area (Å²) in [5.74, 6) is 0. The van der Waals surface area contributed by atoms with E-state index in [9.17, 15) is 18.0 Å². The lowest BCUT2D eigenvalue weighted by Crippen LogP contribution is -2.45. The summed E-state index contributed by atoms with van der Waals surface area (Å²) in [5, 5.41) is 0. The summed E-state index contributed by atoms with van der Waals surface area (Å²) < 4.78 is 43.3. The van der Waals surface area contributed by atoms with E-state index in [1.807, 2.05) is 0 Å². The summed E-state index contributed by atoms with van der Waals surface area (Å²) in [4.78, 5) is 11.4. The number of carbonyl (C=O) groups excluding carboxylic acids is 1. The van der Waals surface area contributed by atoms with Crippen LogP contribution in [0.1, 0.15) is 26.3 Å². The molecule has 0 aliphatic heterocycles. The molecule has 0 heterocycles. The third-order valence-electron chi connectivity index (χ3n) is 2.10. The fraction of sp³-hybridized carbons (Fsp3) is 0.462. The number of amides is 1. The molecule has 3 nitrogen and oxygen atoms in total. The lowest BCUT2D eigenvalue weighted by molar-refractivity contribution is -0.236. The van der Waals surface area contributed by atoms with Crippen LogP contribution >= 0.6 is 0 Å². The third-order valence-corrected chi connectivity index (χ3v) is 2.10. The van der Waals surface area contributed by atoms with Crippen molar-refractivity contribution in [1.82, 2.24) is 4.90 Å². The van der Waals surface area contributed by atoms with Gasteiger partial charge >= 0.3 is 12.4 Å². The van der Waals surface area contributed by atoms with Crippen LogP contribution in [-0.4, -0.2) is 22.9 Å². The molecule has 0 aliphatic rings. The van der Waals surface area contributed by atoms with Crippen molar-refractivity contribution in [2.24, 2.45) is 0 Å². The number of hydrogen-bond acceptors (Lipinski definition) is 2. The maximum absolute atomic E-state index is 12.9. The highest BCUT2D eigenvalue weighted by Gasteiger charge is 2.43. The van der Waals surface area contributed by atoms with E-state index in [1.54, 1.807) is 18.2 Å². The van der Waals surface area contributed by atoms with Gasteiger partial charge in [-0.2, -0.15) is 0 Å². The van der Waals surface area contributed by atoms with Crippen LogP contribution in [0.5, 0.6) is 0 Å². The number of hydrogen-bond donors (Lipinski definition) is 0. The Morgan fingerprint density at radius 1 is 1.16 bits per heavy atom. The molecular formula is C13H16F3NO2. The van der Waals surface area contributed by atoms with Gasteiger partial charge in [0, 0.05) is 0 Å². The van der Waals surface area contributed by atoms with Crippen molar-refractivity contribution in [3.05, 3.63) is 35.9 Å². The molecule has 6 heteroatoms. The zero-order valence-electron chi connectivity index (χ0n) is 11.0. The lowest BCUT2D eigenvalue weighted by Gasteiger charge is -2.28. The lowest BCUT2D eigenvalue weighted by atomic mass is 10.2. The quantitative estimate of drug-likeness (QED) is 0.765. The molecule has 106 valence electrons. The predicted molar refractivity (Wildman–Crippen MR) is 64.3 cm³/mol. The second-order valence-electron chi connectivity index (χ2n) is 5.02. The first kappa shape index (κ1) is 15.3. The third kappa shape index (κ3) is 5.19. The summed E-state index contributed by atoms with van der Waals surface area (Å²) >= 11 is 0. The summed E-state index contributed by atoms with van der Waals surface area (Å²) in [6.07, 6.45) is -6.18. The Labute approximate surface area is 110 Å². The number of benzene rings is 1. The van der Waals surface area contributed by atoms with E-state index >= 15 is 0 Å². The minimum Gasteiger partial charge on any atom is -0.443 e. The number of nitrogens with zero attached hydrogens (tertiary/aromatic N) is 1. The SMILES string of the molecule is CC(C)(C)OC(=O)N(Cc1ccccc1)C(F)(F)F. The molecule has 0 N–H and O–H groups in total. The smallest absolute Gasteiger partial charge is 0.443 e. The van der Waals surface area contributed by atoms with Crippen LogP contribution in [0.2, 0.25) is 0 Å². The highest BCUT2D eigenvalue weighted by atomic mass is 19.4. The maximum Gasteiger partial charge on any atom is 0.490 e. The molecule has 19 heavy (non-hydrogen) atoms. The zero-order chi connectivity index (χ0) is 14.7. The summed E-state index contributed by atoms with van der Waals surface area (Å²) in [6, 6.07) is 7.94. The van der Waals surface area contributed by atoms with Gasteiger partial charge in [0.2, 0.25) is 0 Å². The predicted octanol–water partition coefficient (Wildman–Crippen LogP) is 3.94. The van der Waals surface area contributed by atoms with Crippen molar-refractivity contribution in [2.75, 3.05) is 0 Å². The van der Waals surface area contributed by atoms with Gasteiger partial charge in [0.15, 0.2) is 0 Å². The first-order valence-corrected chi connectivity index (χ1v) is 5.71. The molecule has 1 aromatic rings. The van der Waals surface area contributed by atoms with Crippen LogP contribution in [0.25, 0.3) is 0 Å². The first-order chi connectivity index (χ1) is 8.59. The molecule has 0 bridgehead atoms. The Hall–Kier alpha value is -1.72. The molecular weight excluding hydrogens is 259 g/mol. The Bertz CT molecular complexity index is 424. The van der Waals surface area contributed by atoms with Crippen LogP contribution < -0.4 is 0 Å². The number of alkyl halides is 3. The Balaban J connectivity index is 2.88. The number of halogens is 3. The second-order valence-corrected chi connectivity index (χ2v) is 5.02. The Kier molecular flexibility index (Phi) is 4.44. The van der Waals surface area contributed by atoms with Crippen LogP contribution in [0, 0.1) is 0 Å². The highest BCUT2D eigenvalue weighted by Crippen LogP contribution is 2.26. The molecule has 0 saturated heterocycles. The van der Waals surface area contributed by atoms with Gasteiger partial charge in [-0.3, -0.25) is 0 Å². The molecule has 0 saturated carbocycles. The van der Waals surface area contributed by atoms with E-state index < -0.39 is 24.5 Å². The average Bonchev–Trinajstić information content (AvgIpc) is 2.23. The molecule has 0 spiro atoms. The van der Waals surface area contributed by atoms with Gasteiger partial charge in [-0.05, 0) is 26.3 Å². The van der Waals surface area contributed by atoms with Crippen LogP contribution in [0.3, 0.4) is 0 Å². The minimum absolute atomic E-state index is 0.242. The molecule has 0 radical (unpaired) electrons. The Morgan fingerprint density at radius 3 is 2.11 bits per heavy atom. The van der Waals surface area contributed by atoms with Gasteiger partial charge in [-0.1, -0.05) is 30.3 Å². The van der Waals surface area contributed by atoms with E-state index in [0.717, 1.165) is 0 Å². The van der Waals surface area contributed by atoms with Crippen molar-refractivity contribution >= 4 is 6.09 Å². The fourth-order valence-electron chi connectivity index (χ4n) is 1.34. The zero-order valence-corrected chi connectivity index (χ0v) is 11.0. The van der Waals surface area contributed by atoms with Gasteiger partial charge < -0.3 is 4.74 Å². The van der Waals surface area contributed by atoms with E-state index in [-0.39, 0.29) is 4.90 Å². The van der Waals surface area contributed by atoms with Crippen LogP contribution in [-0.2, 0) is 11.3 Å². The number of carbonyl (C=O) groups is 1. The monoisotopic (exact) mass is 275 g/mol. The van der Waals surface area contributed by atoms with Crippen LogP contribution in [0.4, 0.5) is 18.0 Å². The van der Waals surface area contributed by atoms with Crippen molar-refractivity contribution in [1.29, 1.82) is 0 Å². The van der Waals surface area contributed by atoms with Gasteiger partial charge in [0.25, 0.3) is 0 Å². The van der Waals surface area contributed by atoms with E-state index in [0.29, 0.717) is 5.56 Å². The van der Waals surface area contributed by atoms with E-state index in [1.165, 1.54) is 32.9 Å². The summed E-state index contributed by atoms with van der Waals surface area (Å²) in [7, 11) is 0. The highest BCUT2D eigenvalue weighted by molar-refractivity contribution is 5.68. The molecule has 0 aromatic heterocycles. The molecule has 0 fully saturated rings. The molecule has 1 rings (SSSR count). The first-order valence-electron chi connectivity index (χ1n) is 5.71. The van der Waals surface area contributed by atoms with Gasteiger partial charge in [-0.25, -0.2) is 9.69 Å². The summed E-state index contributed by atoms with van der Waals surface area (Å²) in [5.41, 5.74) is -0.595. The Morgan fingerprint density at radius 2 is 1.68 bits per heavy atom. The van der Waals surface area contributed by atoms with Gasteiger partial charge in [-0.15, -0.1) is 13.2 Å². The maximum atomic E-state index is 12.9. The molecule has 1 aromatic carbocycles.